The second-order valence-corrected chi connectivity index (χ2v) is 19.6. The summed E-state index contributed by atoms with van der Waals surface area (Å²) in [5.74, 6) is 0. The van der Waals surface area contributed by atoms with Gasteiger partial charge in [-0.15, -0.1) is 0 Å². The van der Waals surface area contributed by atoms with Crippen LogP contribution >= 0.6 is 0 Å². The number of fused-ring (bicyclic) bond motifs is 4. The van der Waals surface area contributed by atoms with Gasteiger partial charge in [0, 0.05) is 34.1 Å². The van der Waals surface area contributed by atoms with Gasteiger partial charge in [0.05, 0.1) is 5.41 Å². The van der Waals surface area contributed by atoms with Crippen LogP contribution in [-0.4, -0.2) is 6.71 Å². The van der Waals surface area contributed by atoms with E-state index in [1.807, 2.05) is 0 Å². The molecule has 62 heavy (non-hydrogen) atoms. The van der Waals surface area contributed by atoms with Crippen LogP contribution in [-0.2, 0) is 16.2 Å². The molecule has 0 fully saturated rings. The van der Waals surface area contributed by atoms with Crippen LogP contribution in [0.4, 0.5) is 34.1 Å². The van der Waals surface area contributed by atoms with Crippen molar-refractivity contribution in [1.82, 2.24) is 0 Å². The monoisotopic (exact) mass is 802 g/mol. The lowest BCUT2D eigenvalue weighted by Crippen LogP contribution is -2.61. The second kappa shape index (κ2) is 14.8. The smallest absolute Gasteiger partial charge is 0.252 e. The van der Waals surface area contributed by atoms with Gasteiger partial charge in [-0.2, -0.15) is 0 Å². The Bertz CT molecular complexity index is 2690. The minimum atomic E-state index is -0.657. The Morgan fingerprint density at radius 2 is 0.694 bits per heavy atom. The Balaban J connectivity index is 1.38. The van der Waals surface area contributed by atoms with Gasteiger partial charge < -0.3 is 9.80 Å². The number of anilines is 6. The topological polar surface area (TPSA) is 6.48 Å². The Kier molecular flexibility index (Phi) is 9.45. The van der Waals surface area contributed by atoms with Gasteiger partial charge in [0.15, 0.2) is 0 Å². The van der Waals surface area contributed by atoms with Crippen molar-refractivity contribution < 1.29 is 0 Å². The fourth-order valence-corrected chi connectivity index (χ4v) is 10.3. The van der Waals surface area contributed by atoms with Gasteiger partial charge in [0.25, 0.3) is 6.71 Å². The first-order valence-electron chi connectivity index (χ1n) is 22.2. The van der Waals surface area contributed by atoms with Crippen LogP contribution in [0.2, 0.25) is 0 Å². The van der Waals surface area contributed by atoms with Crippen molar-refractivity contribution in [3.63, 3.8) is 0 Å². The van der Waals surface area contributed by atoms with Crippen molar-refractivity contribution in [2.75, 3.05) is 9.80 Å². The second-order valence-electron chi connectivity index (χ2n) is 19.6. The summed E-state index contributed by atoms with van der Waals surface area (Å²) in [6.07, 6.45) is 0. The minimum Gasteiger partial charge on any atom is -0.311 e. The van der Waals surface area contributed by atoms with Gasteiger partial charge in [-0.05, 0) is 123 Å². The highest BCUT2D eigenvalue weighted by atomic mass is 15.2. The summed E-state index contributed by atoms with van der Waals surface area (Å²) < 4.78 is 0. The summed E-state index contributed by atoms with van der Waals surface area (Å²) in [4.78, 5) is 5.13. The zero-order valence-electron chi connectivity index (χ0n) is 37.4. The van der Waals surface area contributed by atoms with Crippen molar-refractivity contribution in [3.8, 4) is 0 Å². The molecule has 0 N–H and O–H groups in total. The molecule has 304 valence electrons. The summed E-state index contributed by atoms with van der Waals surface area (Å²) in [7, 11) is 0. The van der Waals surface area contributed by atoms with Crippen LogP contribution in [0.25, 0.3) is 0 Å². The van der Waals surface area contributed by atoms with E-state index in [9.17, 15) is 0 Å². The molecule has 0 atom stereocenters. The first kappa shape index (κ1) is 39.6. The standard InChI is InChI=1S/C59H55BN2/c1-40-24-34-52-50(36-40)60-51-37-41(2)25-35-53(51)62(49-32-28-43(29-33-49)58(6,7)8)55-39-47(38-54(56(55)60)61(52)48-30-26-42(27-31-48)57(3,4)5)59(44-18-12-9-13-19-44,45-20-14-10-15-21-45)46-22-16-11-17-23-46/h9-39H,1-8H3. The highest BCUT2D eigenvalue weighted by Crippen LogP contribution is 2.51. The summed E-state index contributed by atoms with van der Waals surface area (Å²) in [5.41, 5.74) is 20.6. The molecule has 8 aromatic rings. The molecule has 2 nitrogen and oxygen atoms in total. The van der Waals surface area contributed by atoms with Crippen LogP contribution in [0.3, 0.4) is 0 Å². The molecule has 0 saturated heterocycles. The van der Waals surface area contributed by atoms with Gasteiger partial charge in [-0.3, -0.25) is 0 Å². The van der Waals surface area contributed by atoms with Crippen molar-refractivity contribution >= 4 is 57.2 Å². The van der Waals surface area contributed by atoms with E-state index in [2.05, 4.69) is 253 Å². The highest BCUT2D eigenvalue weighted by molar-refractivity contribution is 7.00. The van der Waals surface area contributed by atoms with E-state index < -0.39 is 5.41 Å². The van der Waals surface area contributed by atoms with E-state index >= 15 is 0 Å². The molecule has 3 heteroatoms. The first-order chi connectivity index (χ1) is 29.8. The third-order valence-electron chi connectivity index (χ3n) is 13.4. The molecular formula is C59H55BN2. The highest BCUT2D eigenvalue weighted by Gasteiger charge is 2.46. The molecule has 0 aromatic heterocycles. The number of nitrogens with zero attached hydrogens (tertiary/aromatic N) is 2. The predicted octanol–water partition coefficient (Wildman–Crippen LogP) is 13.4. The van der Waals surface area contributed by atoms with Crippen LogP contribution in [0, 0.1) is 13.8 Å². The molecule has 2 aliphatic heterocycles. The van der Waals surface area contributed by atoms with Gasteiger partial charge in [-0.25, -0.2) is 0 Å². The average molecular weight is 803 g/mol. The summed E-state index contributed by atoms with van der Waals surface area (Å²) >= 11 is 0. The third kappa shape index (κ3) is 6.40. The fraction of sp³-hybridized carbons (Fsp3) is 0.186. The molecule has 0 spiro atoms. The zero-order chi connectivity index (χ0) is 43.0. The quantitative estimate of drug-likeness (QED) is 0.122. The maximum Gasteiger partial charge on any atom is 0.252 e. The SMILES string of the molecule is Cc1ccc2c(c1)B1c3cc(C)ccc3N(c3ccc(C(C)(C)C)cc3)c3cc(C(c4ccccc4)(c4ccccc4)c4ccccc4)cc(c31)N2c1ccc(C(C)(C)C)cc1. The van der Waals surface area contributed by atoms with Crippen LogP contribution < -0.4 is 26.2 Å². The lowest BCUT2D eigenvalue weighted by Gasteiger charge is -2.46. The molecule has 0 radical (unpaired) electrons. The number of hydrogen-bond acceptors (Lipinski definition) is 2. The van der Waals surface area contributed by atoms with Gasteiger partial charge in [0.2, 0.25) is 0 Å². The Morgan fingerprint density at radius 1 is 0.339 bits per heavy atom. The van der Waals surface area contributed by atoms with Gasteiger partial charge >= 0.3 is 0 Å². The van der Waals surface area contributed by atoms with E-state index in [1.54, 1.807) is 0 Å². The van der Waals surface area contributed by atoms with Gasteiger partial charge in [0.1, 0.15) is 0 Å². The number of benzene rings is 8. The van der Waals surface area contributed by atoms with Crippen molar-refractivity contribution in [2.24, 2.45) is 0 Å². The number of rotatable bonds is 6. The number of hydrogen-bond donors (Lipinski definition) is 0. The molecule has 10 rings (SSSR count). The molecule has 0 amide bonds. The van der Waals surface area contributed by atoms with Gasteiger partial charge in [-0.1, -0.05) is 192 Å². The lowest BCUT2D eigenvalue weighted by molar-refractivity contribution is 0.590. The van der Waals surface area contributed by atoms with E-state index in [0.717, 1.165) is 11.4 Å². The van der Waals surface area contributed by atoms with E-state index in [0.29, 0.717) is 0 Å². The van der Waals surface area contributed by atoms with E-state index in [4.69, 9.17) is 0 Å². The fourth-order valence-electron chi connectivity index (χ4n) is 10.3. The summed E-state index contributed by atoms with van der Waals surface area (Å²) in [5, 5.41) is 0. The van der Waals surface area contributed by atoms with Crippen molar-refractivity contribution in [3.05, 3.63) is 233 Å². The maximum atomic E-state index is 2.56. The van der Waals surface area contributed by atoms with Crippen molar-refractivity contribution in [2.45, 2.75) is 71.6 Å². The Morgan fingerprint density at radius 3 is 1.03 bits per heavy atom. The largest absolute Gasteiger partial charge is 0.311 e. The maximum absolute atomic E-state index is 2.56. The van der Waals surface area contributed by atoms with Crippen LogP contribution in [0.15, 0.2) is 188 Å². The molecule has 0 bridgehead atoms. The summed E-state index contributed by atoms with van der Waals surface area (Å²) in [6, 6.07) is 71.4. The normalized spacial score (nSPS) is 13.4. The molecule has 2 aliphatic rings. The predicted molar refractivity (Wildman–Crippen MR) is 266 cm³/mol. The molecule has 8 aromatic carbocycles. The lowest BCUT2D eigenvalue weighted by atomic mass is 9.33. The van der Waals surface area contributed by atoms with Crippen molar-refractivity contribution in [1.29, 1.82) is 0 Å². The molecule has 0 unspecified atom stereocenters. The van der Waals surface area contributed by atoms with Crippen LogP contribution in [0.5, 0.6) is 0 Å². The molecular weight excluding hydrogens is 747 g/mol. The molecule has 2 heterocycles. The van der Waals surface area contributed by atoms with E-state index in [-0.39, 0.29) is 17.5 Å². The summed E-state index contributed by atoms with van der Waals surface area (Å²) in [6.45, 7) is 18.3. The first-order valence-corrected chi connectivity index (χ1v) is 22.2. The molecule has 0 saturated carbocycles. The zero-order valence-corrected chi connectivity index (χ0v) is 37.4. The average Bonchev–Trinajstić information content (AvgIpc) is 3.27. The third-order valence-corrected chi connectivity index (χ3v) is 13.4. The van der Waals surface area contributed by atoms with E-state index in [1.165, 1.54) is 83.6 Å². The van der Waals surface area contributed by atoms with Crippen LogP contribution in [0.1, 0.15) is 86.1 Å². The Labute approximate surface area is 369 Å². The number of aryl methyl sites for hydroxylation is 2. The molecule has 0 aliphatic carbocycles. The Hall–Kier alpha value is -6.58. The minimum absolute atomic E-state index is 0.0219.